The highest BCUT2D eigenvalue weighted by Crippen LogP contribution is 2.33. The van der Waals surface area contributed by atoms with Gasteiger partial charge in [0, 0.05) is 20.5 Å². The minimum atomic E-state index is -0.400. The van der Waals surface area contributed by atoms with Crippen LogP contribution in [0.1, 0.15) is 52.4 Å². The van der Waals surface area contributed by atoms with Gasteiger partial charge in [-0.05, 0) is 59.6 Å². The lowest BCUT2D eigenvalue weighted by Gasteiger charge is -2.21. The maximum atomic E-state index is 13.3. The van der Waals surface area contributed by atoms with Crippen LogP contribution in [0.3, 0.4) is 0 Å². The Hall–Kier alpha value is -1.70. The zero-order valence-corrected chi connectivity index (χ0v) is 22.0. The lowest BCUT2D eigenvalue weighted by atomic mass is 9.95. The third-order valence-corrected chi connectivity index (χ3v) is 6.02. The van der Waals surface area contributed by atoms with E-state index in [1.807, 2.05) is 39.8 Å². The summed E-state index contributed by atoms with van der Waals surface area (Å²) in [5.74, 6) is 1.19. The van der Waals surface area contributed by atoms with E-state index in [0.717, 1.165) is 15.4 Å². The molecule has 5 nitrogen and oxygen atoms in total. The summed E-state index contributed by atoms with van der Waals surface area (Å²) in [5, 5.41) is 5.56. The van der Waals surface area contributed by atoms with Crippen molar-refractivity contribution in [2.75, 3.05) is 0 Å². The molecule has 0 fully saturated rings. The number of rotatable bonds is 5. The first-order valence-electron chi connectivity index (χ1n) is 9.94. The lowest BCUT2D eigenvalue weighted by molar-refractivity contribution is 0.215. The van der Waals surface area contributed by atoms with Gasteiger partial charge in [-0.15, -0.1) is 0 Å². The Morgan fingerprint density at radius 2 is 1.97 bits per heavy atom. The molecule has 0 saturated heterocycles. The van der Waals surface area contributed by atoms with E-state index in [9.17, 15) is 4.79 Å². The Morgan fingerprint density at radius 1 is 1.26 bits per heavy atom. The molecule has 0 bridgehead atoms. The molecule has 3 rings (SSSR count). The van der Waals surface area contributed by atoms with Crippen LogP contribution in [0.2, 0.25) is 5.02 Å². The molecule has 1 aromatic heterocycles. The molecule has 1 heterocycles. The number of nitrogens with zero attached hydrogens (tertiary/aromatic N) is 3. The summed E-state index contributed by atoms with van der Waals surface area (Å²) in [4.78, 5) is 18.1. The first-order chi connectivity index (χ1) is 14.5. The first kappa shape index (κ1) is 24.0. The molecule has 0 N–H and O–H groups in total. The van der Waals surface area contributed by atoms with Crippen LogP contribution in [-0.4, -0.2) is 22.0 Å². The van der Waals surface area contributed by atoms with Gasteiger partial charge in [-0.25, -0.2) is 4.98 Å². The van der Waals surface area contributed by atoms with Crippen molar-refractivity contribution in [1.29, 1.82) is 0 Å². The molecular formula is C23H24Br2ClN3O2. The largest absolute Gasteiger partial charge is 0.489 e. The topological polar surface area (TPSA) is 56.5 Å². The highest BCUT2D eigenvalue weighted by molar-refractivity contribution is 9.10. The van der Waals surface area contributed by atoms with Crippen molar-refractivity contribution in [2.45, 2.75) is 52.6 Å². The molecule has 0 amide bonds. The van der Waals surface area contributed by atoms with Crippen molar-refractivity contribution in [3.63, 3.8) is 0 Å². The van der Waals surface area contributed by atoms with Crippen molar-refractivity contribution in [3.05, 3.63) is 66.0 Å². The molecule has 1 atom stereocenters. The zero-order valence-electron chi connectivity index (χ0n) is 18.0. The maximum Gasteiger partial charge on any atom is 0.282 e. The maximum absolute atomic E-state index is 13.3. The molecular weight excluding hydrogens is 546 g/mol. The van der Waals surface area contributed by atoms with E-state index in [-0.39, 0.29) is 11.7 Å². The van der Waals surface area contributed by atoms with Gasteiger partial charge in [0.25, 0.3) is 5.56 Å². The molecule has 0 aliphatic carbocycles. The van der Waals surface area contributed by atoms with Gasteiger partial charge in [0.15, 0.2) is 0 Å². The van der Waals surface area contributed by atoms with E-state index in [1.54, 1.807) is 24.4 Å². The van der Waals surface area contributed by atoms with E-state index < -0.39 is 5.41 Å². The zero-order chi connectivity index (χ0) is 22.9. The fourth-order valence-electron chi connectivity index (χ4n) is 2.95. The van der Waals surface area contributed by atoms with Crippen molar-refractivity contribution < 1.29 is 4.74 Å². The molecule has 31 heavy (non-hydrogen) atoms. The van der Waals surface area contributed by atoms with Crippen LogP contribution in [0.15, 0.2) is 49.2 Å². The average Bonchev–Trinajstić information content (AvgIpc) is 2.68. The van der Waals surface area contributed by atoms with Crippen LogP contribution < -0.4 is 10.3 Å². The Bertz CT molecular complexity index is 1220. The van der Waals surface area contributed by atoms with Gasteiger partial charge in [-0.1, -0.05) is 55.2 Å². The number of benzene rings is 2. The molecule has 0 unspecified atom stereocenters. The number of fused-ring (bicyclic) bond motifs is 1. The number of hydrogen-bond donors (Lipinski definition) is 0. The van der Waals surface area contributed by atoms with E-state index in [4.69, 9.17) is 21.3 Å². The van der Waals surface area contributed by atoms with Gasteiger partial charge in [0.05, 0.1) is 27.7 Å². The van der Waals surface area contributed by atoms with Crippen molar-refractivity contribution >= 4 is 60.6 Å². The fraction of sp³-hybridized carbons (Fsp3) is 0.348. The summed E-state index contributed by atoms with van der Waals surface area (Å²) in [6.45, 7) is 10.0. The minimum absolute atomic E-state index is 0.0113. The predicted molar refractivity (Wildman–Crippen MR) is 135 cm³/mol. The standard InChI is InChI=1S/C23H24Br2ClN3O2/c1-6-13(2)31-20-14(9-16(26)11-18(20)25)12-27-29-21(30)17-10-15(24)7-8-19(17)28-22(29)23(3,4)5/h7-13H,6H2,1-5H3/t13-/m0/s1. The summed E-state index contributed by atoms with van der Waals surface area (Å²) < 4.78 is 8.97. The SMILES string of the molecule is CC[C@H](C)Oc1c(Br)cc(Cl)cc1C=Nn1c(C(C)(C)C)nc2ccc(Br)cc2c1=O. The van der Waals surface area contributed by atoms with Crippen LogP contribution in [0, 0.1) is 0 Å². The summed E-state index contributed by atoms with van der Waals surface area (Å²) in [7, 11) is 0. The molecule has 0 aliphatic heterocycles. The molecule has 3 aromatic rings. The number of aromatic nitrogens is 2. The average molecular weight is 570 g/mol. The summed E-state index contributed by atoms with van der Waals surface area (Å²) in [5.41, 5.74) is 0.664. The van der Waals surface area contributed by atoms with Crippen LogP contribution in [0.5, 0.6) is 5.75 Å². The Kier molecular flexibility index (Phi) is 7.28. The van der Waals surface area contributed by atoms with Gasteiger partial charge in [0.1, 0.15) is 11.6 Å². The molecule has 2 aromatic carbocycles. The van der Waals surface area contributed by atoms with E-state index in [0.29, 0.717) is 33.1 Å². The normalized spacial score (nSPS) is 13.2. The lowest BCUT2D eigenvalue weighted by Crippen LogP contribution is -2.29. The van der Waals surface area contributed by atoms with Crippen LogP contribution >= 0.6 is 43.5 Å². The Morgan fingerprint density at radius 3 is 2.61 bits per heavy atom. The second-order valence-corrected chi connectivity index (χ2v) is 10.6. The highest BCUT2D eigenvalue weighted by atomic mass is 79.9. The van der Waals surface area contributed by atoms with E-state index >= 15 is 0 Å². The molecule has 0 aliphatic rings. The monoisotopic (exact) mass is 567 g/mol. The number of hydrogen-bond acceptors (Lipinski definition) is 4. The van der Waals surface area contributed by atoms with Gasteiger partial charge in [-0.2, -0.15) is 9.78 Å². The predicted octanol–water partition coefficient (Wildman–Crippen LogP) is 6.93. The van der Waals surface area contributed by atoms with E-state index in [1.165, 1.54) is 4.68 Å². The summed E-state index contributed by atoms with van der Waals surface area (Å²) in [6.07, 6.45) is 2.45. The number of ether oxygens (including phenoxy) is 1. The summed E-state index contributed by atoms with van der Waals surface area (Å²) in [6, 6.07) is 9.00. The molecule has 8 heteroatoms. The van der Waals surface area contributed by atoms with Crippen LogP contribution in [0.4, 0.5) is 0 Å². The van der Waals surface area contributed by atoms with Gasteiger partial charge >= 0.3 is 0 Å². The fourth-order valence-corrected chi connectivity index (χ4v) is 4.23. The van der Waals surface area contributed by atoms with Crippen LogP contribution in [-0.2, 0) is 5.41 Å². The third-order valence-electron chi connectivity index (χ3n) is 4.72. The minimum Gasteiger partial charge on any atom is -0.489 e. The quantitative estimate of drug-likeness (QED) is 0.313. The highest BCUT2D eigenvalue weighted by Gasteiger charge is 2.23. The Labute approximate surface area is 203 Å². The van der Waals surface area contributed by atoms with Gasteiger partial charge < -0.3 is 4.74 Å². The molecule has 0 spiro atoms. The second kappa shape index (κ2) is 9.43. The van der Waals surface area contributed by atoms with Crippen molar-refractivity contribution in [2.24, 2.45) is 5.10 Å². The summed E-state index contributed by atoms with van der Waals surface area (Å²) >= 11 is 13.2. The van der Waals surface area contributed by atoms with Gasteiger partial charge in [-0.3, -0.25) is 4.79 Å². The van der Waals surface area contributed by atoms with E-state index in [2.05, 4.69) is 43.9 Å². The first-order valence-corrected chi connectivity index (χ1v) is 11.9. The van der Waals surface area contributed by atoms with Crippen LogP contribution in [0.25, 0.3) is 10.9 Å². The van der Waals surface area contributed by atoms with Crippen molar-refractivity contribution in [3.8, 4) is 5.75 Å². The van der Waals surface area contributed by atoms with Gasteiger partial charge in [0.2, 0.25) is 0 Å². The molecule has 0 saturated carbocycles. The molecule has 164 valence electrons. The molecule has 0 radical (unpaired) electrons. The number of halogens is 3. The smallest absolute Gasteiger partial charge is 0.282 e. The Balaban J connectivity index is 2.22. The third kappa shape index (κ3) is 5.38. The van der Waals surface area contributed by atoms with Crippen molar-refractivity contribution in [1.82, 2.24) is 9.66 Å². The second-order valence-electron chi connectivity index (χ2n) is 8.35.